The number of benzene rings is 3. The Labute approximate surface area is 264 Å². The van der Waals surface area contributed by atoms with Gasteiger partial charge in [0.15, 0.2) is 0 Å². The number of nitro groups is 1. The maximum atomic E-state index is 14.1. The first-order valence-electron chi connectivity index (χ1n) is 12.8. The second kappa shape index (κ2) is 14.3. The molecule has 1 unspecified atom stereocenters. The van der Waals surface area contributed by atoms with Gasteiger partial charge in [0.25, 0.3) is 15.7 Å². The highest BCUT2D eigenvalue weighted by Crippen LogP contribution is 2.36. The number of halogens is 3. The van der Waals surface area contributed by atoms with Crippen LogP contribution in [0.25, 0.3) is 0 Å². The number of likely N-dealkylation sites (N-methyl/N-ethyl adjacent to an activating group) is 1. The molecule has 0 aromatic heterocycles. The zero-order chi connectivity index (χ0) is 32.1. The fourth-order valence-electron chi connectivity index (χ4n) is 4.18. The lowest BCUT2D eigenvalue weighted by molar-refractivity contribution is -0.385. The van der Waals surface area contributed by atoms with Gasteiger partial charge in [0.05, 0.1) is 22.6 Å². The fourth-order valence-corrected chi connectivity index (χ4v) is 6.25. The Hall–Kier alpha value is -3.58. The molecular formula is C28H29Cl3N4O7S. The van der Waals surface area contributed by atoms with Crippen LogP contribution >= 0.6 is 34.8 Å². The van der Waals surface area contributed by atoms with Gasteiger partial charge in [-0.05, 0) is 62.7 Å². The van der Waals surface area contributed by atoms with E-state index in [1.807, 2.05) is 0 Å². The van der Waals surface area contributed by atoms with E-state index >= 15 is 0 Å². The zero-order valence-electron chi connectivity index (χ0n) is 23.6. The van der Waals surface area contributed by atoms with Crippen LogP contribution in [0.1, 0.15) is 25.0 Å². The van der Waals surface area contributed by atoms with E-state index in [4.69, 9.17) is 39.5 Å². The molecule has 3 aromatic rings. The van der Waals surface area contributed by atoms with Crippen LogP contribution in [0.4, 0.5) is 11.4 Å². The summed E-state index contributed by atoms with van der Waals surface area (Å²) in [6.45, 7) is 3.99. The van der Waals surface area contributed by atoms with Crippen molar-refractivity contribution in [3.63, 3.8) is 0 Å². The summed E-state index contributed by atoms with van der Waals surface area (Å²) in [6.07, 6.45) is 0. The minimum atomic E-state index is -4.65. The van der Waals surface area contributed by atoms with Crippen LogP contribution in [0.3, 0.4) is 0 Å². The lowest BCUT2D eigenvalue weighted by Gasteiger charge is -2.32. The molecule has 43 heavy (non-hydrogen) atoms. The molecule has 0 aliphatic rings. The van der Waals surface area contributed by atoms with Gasteiger partial charge in [0.2, 0.25) is 11.8 Å². The number of rotatable bonds is 12. The van der Waals surface area contributed by atoms with Crippen molar-refractivity contribution in [1.82, 2.24) is 10.2 Å². The molecule has 15 heteroatoms. The fraction of sp³-hybridized carbons (Fsp3) is 0.286. The first-order chi connectivity index (χ1) is 20.2. The Bertz CT molecular complexity index is 1650. The highest BCUT2D eigenvalue weighted by atomic mass is 35.5. The van der Waals surface area contributed by atoms with Gasteiger partial charge in [-0.15, -0.1) is 0 Å². The number of carbonyl (C=O) groups is 2. The van der Waals surface area contributed by atoms with Gasteiger partial charge in [0.1, 0.15) is 18.3 Å². The third kappa shape index (κ3) is 7.88. The van der Waals surface area contributed by atoms with Crippen LogP contribution in [-0.4, -0.2) is 56.3 Å². The van der Waals surface area contributed by atoms with Crippen LogP contribution in [0.2, 0.25) is 15.1 Å². The number of hydrogen-bond acceptors (Lipinski definition) is 7. The third-order valence-electron chi connectivity index (χ3n) is 6.53. The van der Waals surface area contributed by atoms with Crippen LogP contribution in [0.5, 0.6) is 5.75 Å². The van der Waals surface area contributed by atoms with E-state index < -0.39 is 49.9 Å². The Balaban J connectivity index is 2.18. The number of hydrogen-bond donors (Lipinski definition) is 1. The molecule has 0 radical (unpaired) electrons. The molecule has 0 saturated carbocycles. The number of nitrogens with one attached hydrogen (secondary N) is 1. The molecule has 3 rings (SSSR count). The summed E-state index contributed by atoms with van der Waals surface area (Å²) in [7, 11) is -3.34. The molecule has 0 heterocycles. The second-order valence-corrected chi connectivity index (χ2v) is 12.5. The van der Waals surface area contributed by atoms with Crippen molar-refractivity contribution in [3.8, 4) is 5.75 Å². The number of methoxy groups -OCH3 is 1. The van der Waals surface area contributed by atoms with E-state index in [1.165, 1.54) is 62.3 Å². The number of anilines is 1. The normalized spacial score (nSPS) is 11.9. The number of amides is 2. The SMILES string of the molecule is CCNC(=O)C(C)N(Cc1ccc(Cl)cc1Cl)C(=O)CN(c1cc(Cl)ccc1OC)S(=O)(=O)c1ccc(C)c([N+](=O)[O-])c1. The van der Waals surface area contributed by atoms with Crippen molar-refractivity contribution in [2.24, 2.45) is 0 Å². The molecule has 3 aromatic carbocycles. The maximum absolute atomic E-state index is 14.1. The molecule has 0 bridgehead atoms. The molecule has 1 atom stereocenters. The van der Waals surface area contributed by atoms with Crippen LogP contribution in [0.15, 0.2) is 59.5 Å². The molecular weight excluding hydrogens is 643 g/mol. The molecule has 0 spiro atoms. The first kappa shape index (κ1) is 33.9. The van der Waals surface area contributed by atoms with E-state index in [0.717, 1.165) is 10.4 Å². The van der Waals surface area contributed by atoms with Crippen LogP contribution < -0.4 is 14.4 Å². The highest BCUT2D eigenvalue weighted by molar-refractivity contribution is 7.92. The number of sulfonamides is 1. The van der Waals surface area contributed by atoms with Crippen molar-refractivity contribution in [2.75, 3.05) is 24.5 Å². The predicted molar refractivity (Wildman–Crippen MR) is 166 cm³/mol. The lowest BCUT2D eigenvalue weighted by atomic mass is 10.1. The maximum Gasteiger partial charge on any atom is 0.273 e. The lowest BCUT2D eigenvalue weighted by Crippen LogP contribution is -2.51. The Morgan fingerprint density at radius 2 is 1.70 bits per heavy atom. The quantitative estimate of drug-likeness (QED) is 0.195. The summed E-state index contributed by atoms with van der Waals surface area (Å²) >= 11 is 18.6. The Kier molecular flexibility index (Phi) is 11.2. The zero-order valence-corrected chi connectivity index (χ0v) is 26.7. The van der Waals surface area contributed by atoms with Crippen molar-refractivity contribution < 1.29 is 27.7 Å². The average molecular weight is 672 g/mol. The van der Waals surface area contributed by atoms with Crippen LogP contribution in [-0.2, 0) is 26.2 Å². The van der Waals surface area contributed by atoms with Crippen molar-refractivity contribution >= 4 is 68.0 Å². The third-order valence-corrected chi connectivity index (χ3v) is 9.11. The summed E-state index contributed by atoms with van der Waals surface area (Å²) < 4.78 is 34.4. The van der Waals surface area contributed by atoms with E-state index in [0.29, 0.717) is 17.1 Å². The summed E-state index contributed by atoms with van der Waals surface area (Å²) in [5, 5.41) is 15.0. The Morgan fingerprint density at radius 3 is 2.30 bits per heavy atom. The molecule has 0 aliphatic heterocycles. The number of carbonyl (C=O) groups excluding carboxylic acids is 2. The van der Waals surface area contributed by atoms with Crippen molar-refractivity contribution in [2.45, 2.75) is 38.3 Å². The first-order valence-corrected chi connectivity index (χ1v) is 15.4. The van der Waals surface area contributed by atoms with Gasteiger partial charge >= 0.3 is 0 Å². The molecule has 1 N–H and O–H groups in total. The second-order valence-electron chi connectivity index (χ2n) is 9.36. The van der Waals surface area contributed by atoms with Crippen molar-refractivity contribution in [3.05, 3.63) is 90.9 Å². The van der Waals surface area contributed by atoms with Crippen LogP contribution in [0, 0.1) is 17.0 Å². The van der Waals surface area contributed by atoms with E-state index in [1.54, 1.807) is 19.1 Å². The molecule has 0 fully saturated rings. The number of ether oxygens (including phenoxy) is 1. The monoisotopic (exact) mass is 670 g/mol. The number of nitro benzene ring substituents is 1. The predicted octanol–water partition coefficient (Wildman–Crippen LogP) is 5.62. The summed E-state index contributed by atoms with van der Waals surface area (Å²) in [5.74, 6) is -1.20. The molecule has 0 aliphatic carbocycles. The molecule has 0 saturated heterocycles. The summed E-state index contributed by atoms with van der Waals surface area (Å²) in [6, 6.07) is 11.2. The van der Waals surface area contributed by atoms with Gasteiger partial charge in [0, 0.05) is 39.8 Å². The molecule has 2 amide bonds. The van der Waals surface area contributed by atoms with Gasteiger partial charge in [-0.25, -0.2) is 8.42 Å². The van der Waals surface area contributed by atoms with Gasteiger partial charge < -0.3 is 15.0 Å². The van der Waals surface area contributed by atoms with E-state index in [9.17, 15) is 28.1 Å². The summed E-state index contributed by atoms with van der Waals surface area (Å²) in [4.78, 5) is 38.6. The largest absolute Gasteiger partial charge is 0.495 e. The molecule has 230 valence electrons. The topological polar surface area (TPSA) is 139 Å². The van der Waals surface area contributed by atoms with E-state index in [-0.39, 0.29) is 33.6 Å². The standard InChI is InChI=1S/C28H29Cl3N4O7S/c1-5-32-28(37)18(3)33(15-19-7-8-20(29)12-23(19)31)27(36)16-34(25-13-21(30)9-11-26(25)42-4)43(40,41)22-10-6-17(2)24(14-22)35(38)39/h6-14,18H,5,15-16H2,1-4H3,(H,32,37). The van der Waals surface area contributed by atoms with Gasteiger partial charge in [-0.3, -0.25) is 24.0 Å². The summed E-state index contributed by atoms with van der Waals surface area (Å²) in [5.41, 5.74) is 0.184. The molecule has 11 nitrogen and oxygen atoms in total. The Morgan fingerprint density at radius 1 is 1.05 bits per heavy atom. The minimum absolute atomic E-state index is 0.0615. The van der Waals surface area contributed by atoms with Gasteiger partial charge in [-0.1, -0.05) is 46.9 Å². The number of aryl methyl sites for hydroxylation is 1. The van der Waals surface area contributed by atoms with Gasteiger partial charge in [-0.2, -0.15) is 0 Å². The number of nitrogens with zero attached hydrogens (tertiary/aromatic N) is 3. The average Bonchev–Trinajstić information content (AvgIpc) is 2.95. The van der Waals surface area contributed by atoms with E-state index in [2.05, 4.69) is 5.32 Å². The smallest absolute Gasteiger partial charge is 0.273 e. The highest BCUT2D eigenvalue weighted by Gasteiger charge is 2.35. The van der Waals surface area contributed by atoms with Crippen molar-refractivity contribution in [1.29, 1.82) is 0 Å². The minimum Gasteiger partial charge on any atom is -0.495 e.